The minimum absolute atomic E-state index is 0.769. The first-order chi connectivity index (χ1) is 7.24. The minimum Gasteiger partial charge on any atom is -0.0843 e. The molecule has 0 aliphatic carbocycles. The summed E-state index contributed by atoms with van der Waals surface area (Å²) >= 11 is 12.8. The molecule has 0 saturated carbocycles. The second kappa shape index (κ2) is 4.93. The van der Waals surface area contributed by atoms with Gasteiger partial charge in [-0.2, -0.15) is 0 Å². The summed E-state index contributed by atoms with van der Waals surface area (Å²) in [7, 11) is 0. The van der Waals surface area contributed by atoms with Crippen LogP contribution in [0.1, 0.15) is 0 Å². The van der Waals surface area contributed by atoms with E-state index in [0.29, 0.717) is 0 Å². The molecule has 0 bridgehead atoms. The molecular weight excluding hydrogens is 247 g/mol. The van der Waals surface area contributed by atoms with Crippen molar-refractivity contribution in [3.8, 4) is 0 Å². The van der Waals surface area contributed by atoms with Gasteiger partial charge in [0.1, 0.15) is 0 Å². The molecule has 0 N–H and O–H groups in total. The highest BCUT2D eigenvalue weighted by Gasteiger charge is 2.05. The SMILES string of the molecule is Clc1ccc([SH+]c2ccc(Cl)cc2)cc1. The fourth-order valence-electron chi connectivity index (χ4n) is 1.18. The minimum atomic E-state index is 0.769. The maximum atomic E-state index is 5.81. The smallest absolute Gasteiger partial charge is 0.0843 e. The van der Waals surface area contributed by atoms with Gasteiger partial charge in [0, 0.05) is 21.8 Å². The molecular formula is C12H9Cl2S+. The number of hydrogen-bond acceptors (Lipinski definition) is 0. The van der Waals surface area contributed by atoms with Crippen LogP contribution < -0.4 is 0 Å². The molecule has 2 aromatic rings. The number of hydrogen-bond donors (Lipinski definition) is 0. The van der Waals surface area contributed by atoms with Crippen molar-refractivity contribution in [3.05, 3.63) is 58.6 Å². The molecule has 0 fully saturated rings. The Labute approximate surface area is 103 Å². The molecule has 0 aliphatic rings. The fraction of sp³-hybridized carbons (Fsp3) is 0. The molecule has 0 radical (unpaired) electrons. The van der Waals surface area contributed by atoms with Gasteiger partial charge >= 0.3 is 0 Å². The third-order valence-corrected chi connectivity index (χ3v) is 3.53. The molecule has 3 heteroatoms. The van der Waals surface area contributed by atoms with Crippen molar-refractivity contribution < 1.29 is 0 Å². The van der Waals surface area contributed by atoms with E-state index < -0.39 is 0 Å². The van der Waals surface area contributed by atoms with Crippen LogP contribution >= 0.6 is 23.2 Å². The van der Waals surface area contributed by atoms with Gasteiger partial charge in [-0.1, -0.05) is 23.2 Å². The van der Waals surface area contributed by atoms with Crippen molar-refractivity contribution in [2.75, 3.05) is 0 Å². The maximum absolute atomic E-state index is 5.81. The zero-order valence-electron chi connectivity index (χ0n) is 7.82. The van der Waals surface area contributed by atoms with Gasteiger partial charge in [-0.05, 0) is 48.5 Å². The molecule has 76 valence electrons. The number of thiol groups is 1. The molecule has 15 heavy (non-hydrogen) atoms. The predicted octanol–water partition coefficient (Wildman–Crippen LogP) is 4.23. The third-order valence-electron chi connectivity index (χ3n) is 1.91. The van der Waals surface area contributed by atoms with Crippen molar-refractivity contribution >= 4 is 35.0 Å². The summed E-state index contributed by atoms with van der Waals surface area (Å²) < 4.78 is 0. The summed E-state index contributed by atoms with van der Waals surface area (Å²) in [4.78, 5) is 2.45. The van der Waals surface area contributed by atoms with Crippen molar-refractivity contribution in [1.29, 1.82) is 0 Å². The standard InChI is InChI=1S/C12H8Cl2S/c13-9-1-5-11(6-2-9)15-12-7-3-10(14)4-8-12/h1-8H/p+1. The number of rotatable bonds is 2. The van der Waals surface area contributed by atoms with Crippen molar-refractivity contribution in [2.24, 2.45) is 0 Å². The summed E-state index contributed by atoms with van der Waals surface area (Å²) in [5, 5.41) is 1.54. The van der Waals surface area contributed by atoms with Crippen LogP contribution in [0, 0.1) is 0 Å². The zero-order chi connectivity index (χ0) is 10.7. The molecule has 0 aromatic heterocycles. The van der Waals surface area contributed by atoms with Crippen LogP contribution in [-0.2, 0) is 11.8 Å². The van der Waals surface area contributed by atoms with Crippen LogP contribution in [-0.4, -0.2) is 0 Å². The molecule has 0 heterocycles. The Balaban J connectivity index is 2.15. The highest BCUT2D eigenvalue weighted by Crippen LogP contribution is 2.17. The van der Waals surface area contributed by atoms with Crippen molar-refractivity contribution in [3.63, 3.8) is 0 Å². The Morgan fingerprint density at radius 1 is 0.600 bits per heavy atom. The van der Waals surface area contributed by atoms with Gasteiger partial charge in [0.25, 0.3) is 0 Å². The van der Waals surface area contributed by atoms with E-state index in [1.54, 1.807) is 0 Å². The molecule has 0 aliphatic heterocycles. The van der Waals surface area contributed by atoms with Crippen molar-refractivity contribution in [2.45, 2.75) is 9.79 Å². The van der Waals surface area contributed by atoms with Crippen LogP contribution in [0.25, 0.3) is 0 Å². The second-order valence-electron chi connectivity index (χ2n) is 3.06. The highest BCUT2D eigenvalue weighted by molar-refractivity contribution is 7.78. The van der Waals surface area contributed by atoms with Gasteiger partial charge in [0.15, 0.2) is 9.79 Å². The lowest BCUT2D eigenvalue weighted by Crippen LogP contribution is -1.83. The zero-order valence-corrected chi connectivity index (χ0v) is 10.2. The van der Waals surface area contributed by atoms with Crippen LogP contribution in [0.4, 0.5) is 0 Å². The van der Waals surface area contributed by atoms with E-state index in [2.05, 4.69) is 0 Å². The summed E-state index contributed by atoms with van der Waals surface area (Å²) in [6.07, 6.45) is 0. The van der Waals surface area contributed by atoms with E-state index >= 15 is 0 Å². The number of benzene rings is 2. The van der Waals surface area contributed by atoms with E-state index in [4.69, 9.17) is 23.2 Å². The predicted molar refractivity (Wildman–Crippen MR) is 68.2 cm³/mol. The summed E-state index contributed by atoms with van der Waals surface area (Å²) in [6, 6.07) is 15.7. The lowest BCUT2D eigenvalue weighted by Gasteiger charge is -1.93. The summed E-state index contributed by atoms with van der Waals surface area (Å²) in [5.74, 6) is 0. The molecule has 0 atom stereocenters. The van der Waals surface area contributed by atoms with E-state index in [1.165, 1.54) is 21.6 Å². The largest absolute Gasteiger partial charge is 0.158 e. The lowest BCUT2D eigenvalue weighted by atomic mass is 10.4. The third kappa shape index (κ3) is 3.16. The first-order valence-electron chi connectivity index (χ1n) is 4.47. The van der Waals surface area contributed by atoms with Crippen LogP contribution in [0.5, 0.6) is 0 Å². The van der Waals surface area contributed by atoms with E-state index in [-0.39, 0.29) is 0 Å². The van der Waals surface area contributed by atoms with Crippen molar-refractivity contribution in [1.82, 2.24) is 0 Å². The maximum Gasteiger partial charge on any atom is 0.158 e. The first-order valence-corrected chi connectivity index (χ1v) is 6.12. The molecule has 0 amide bonds. The van der Waals surface area contributed by atoms with E-state index in [1.807, 2.05) is 48.5 Å². The highest BCUT2D eigenvalue weighted by atomic mass is 35.5. The Kier molecular flexibility index (Phi) is 3.57. The average Bonchev–Trinajstić information content (AvgIpc) is 2.25. The van der Waals surface area contributed by atoms with Crippen LogP contribution in [0.15, 0.2) is 58.3 Å². The molecule has 2 aromatic carbocycles. The summed E-state index contributed by atoms with van der Waals surface area (Å²) in [6.45, 7) is 0. The topological polar surface area (TPSA) is 0 Å². The number of halogens is 2. The monoisotopic (exact) mass is 255 g/mol. The Hall–Kier alpha value is -0.630. The first kappa shape index (κ1) is 10.9. The van der Waals surface area contributed by atoms with Gasteiger partial charge in [-0.3, -0.25) is 0 Å². The van der Waals surface area contributed by atoms with Crippen LogP contribution in [0.3, 0.4) is 0 Å². The van der Waals surface area contributed by atoms with Gasteiger partial charge in [0.05, 0.1) is 0 Å². The normalized spacial score (nSPS) is 10.3. The van der Waals surface area contributed by atoms with Crippen LogP contribution in [0.2, 0.25) is 10.0 Å². The molecule has 0 unspecified atom stereocenters. The van der Waals surface area contributed by atoms with Gasteiger partial charge in [-0.25, -0.2) is 0 Å². The average molecular weight is 256 g/mol. The second-order valence-corrected chi connectivity index (χ2v) is 5.19. The van der Waals surface area contributed by atoms with E-state index in [0.717, 1.165) is 10.0 Å². The quantitative estimate of drug-likeness (QED) is 0.557. The summed E-state index contributed by atoms with van der Waals surface area (Å²) in [5.41, 5.74) is 0. The van der Waals surface area contributed by atoms with Gasteiger partial charge in [0.2, 0.25) is 0 Å². The molecule has 2 rings (SSSR count). The molecule has 0 saturated heterocycles. The van der Waals surface area contributed by atoms with Gasteiger partial charge < -0.3 is 0 Å². The Morgan fingerprint density at radius 3 is 1.27 bits per heavy atom. The molecule has 0 nitrogen and oxygen atoms in total. The lowest BCUT2D eigenvalue weighted by molar-refractivity contribution is 1.40. The Bertz CT molecular complexity index is 391. The Morgan fingerprint density at radius 2 is 0.933 bits per heavy atom. The fourth-order valence-corrected chi connectivity index (χ4v) is 2.33. The molecule has 0 spiro atoms. The van der Waals surface area contributed by atoms with Gasteiger partial charge in [-0.15, -0.1) is 0 Å². The van der Waals surface area contributed by atoms with E-state index in [9.17, 15) is 0 Å².